The lowest BCUT2D eigenvalue weighted by atomic mass is 9.97. The van der Waals surface area contributed by atoms with E-state index in [1.807, 2.05) is 0 Å². The molecule has 0 aliphatic heterocycles. The molecule has 0 N–H and O–H groups in total. The molecule has 0 aliphatic carbocycles. The SMILES string of the molecule is [C-]#[N+]Cc1cc(C(F)(F)F)c(C#N)c(C(F)(F)F)c1. The highest BCUT2D eigenvalue weighted by Gasteiger charge is 2.41. The van der Waals surface area contributed by atoms with Crippen molar-refractivity contribution in [2.45, 2.75) is 18.9 Å². The summed E-state index contributed by atoms with van der Waals surface area (Å²) in [5.41, 5.74) is -5.27. The first-order valence-corrected chi connectivity index (χ1v) is 4.66. The van der Waals surface area contributed by atoms with E-state index in [2.05, 4.69) is 4.85 Å². The van der Waals surface area contributed by atoms with Crippen molar-refractivity contribution >= 4 is 0 Å². The molecular formula is C11H4F6N2. The second kappa shape index (κ2) is 4.81. The van der Waals surface area contributed by atoms with Gasteiger partial charge in [0.15, 0.2) is 0 Å². The first-order chi connectivity index (χ1) is 8.61. The third kappa shape index (κ3) is 3.16. The maximum Gasteiger partial charge on any atom is 0.417 e. The Labute approximate surface area is 103 Å². The van der Waals surface area contributed by atoms with Crippen molar-refractivity contribution in [3.63, 3.8) is 0 Å². The summed E-state index contributed by atoms with van der Waals surface area (Å²) in [7, 11) is 0. The van der Waals surface area contributed by atoms with Gasteiger partial charge in [0.25, 0.3) is 0 Å². The van der Waals surface area contributed by atoms with Gasteiger partial charge in [0.2, 0.25) is 6.54 Å². The normalized spacial score (nSPS) is 11.8. The summed E-state index contributed by atoms with van der Waals surface area (Å²) in [6, 6.07) is 1.72. The van der Waals surface area contributed by atoms with Crippen LogP contribution >= 0.6 is 0 Å². The molecular weight excluding hydrogens is 274 g/mol. The number of hydrogen-bond acceptors (Lipinski definition) is 1. The predicted octanol–water partition coefficient (Wildman–Crippen LogP) is 4.02. The minimum atomic E-state index is -5.09. The molecule has 0 fully saturated rings. The summed E-state index contributed by atoms with van der Waals surface area (Å²) < 4.78 is 75.8. The second-order valence-corrected chi connectivity index (χ2v) is 3.49. The van der Waals surface area contributed by atoms with E-state index >= 15 is 0 Å². The molecule has 0 saturated heterocycles. The Morgan fingerprint density at radius 3 is 1.74 bits per heavy atom. The average molecular weight is 278 g/mol. The van der Waals surface area contributed by atoms with Crippen LogP contribution in [0.5, 0.6) is 0 Å². The molecule has 2 nitrogen and oxygen atoms in total. The highest BCUT2D eigenvalue weighted by atomic mass is 19.4. The van der Waals surface area contributed by atoms with Crippen LogP contribution in [0.25, 0.3) is 4.85 Å². The van der Waals surface area contributed by atoms with Gasteiger partial charge in [0, 0.05) is 5.56 Å². The monoisotopic (exact) mass is 278 g/mol. The van der Waals surface area contributed by atoms with Crippen LogP contribution in [0, 0.1) is 17.9 Å². The number of rotatable bonds is 1. The van der Waals surface area contributed by atoms with Gasteiger partial charge >= 0.3 is 12.4 Å². The molecule has 0 unspecified atom stereocenters. The van der Waals surface area contributed by atoms with E-state index in [9.17, 15) is 26.3 Å². The fourth-order valence-electron chi connectivity index (χ4n) is 1.45. The standard InChI is InChI=1S/C11H4F6N2/c1-19-5-6-2-8(10(12,13)14)7(4-18)9(3-6)11(15,16)17/h2-3H,5H2. The molecule has 1 aromatic carbocycles. The molecule has 100 valence electrons. The molecule has 8 heteroatoms. The fourth-order valence-corrected chi connectivity index (χ4v) is 1.45. The van der Waals surface area contributed by atoms with Crippen molar-refractivity contribution in [2.75, 3.05) is 0 Å². The fraction of sp³-hybridized carbons (Fsp3) is 0.273. The minimum Gasteiger partial charge on any atom is -0.312 e. The Bertz CT molecular complexity index is 536. The van der Waals surface area contributed by atoms with Crippen molar-refractivity contribution in [2.24, 2.45) is 0 Å². The lowest BCUT2D eigenvalue weighted by Gasteiger charge is -2.15. The van der Waals surface area contributed by atoms with Gasteiger partial charge in [0.1, 0.15) is 6.07 Å². The number of alkyl halides is 6. The Balaban J connectivity index is 3.69. The molecule has 0 aromatic heterocycles. The zero-order valence-corrected chi connectivity index (χ0v) is 9.02. The van der Waals surface area contributed by atoms with E-state index in [1.54, 1.807) is 0 Å². The van der Waals surface area contributed by atoms with E-state index in [0.29, 0.717) is 12.1 Å². The third-order valence-electron chi connectivity index (χ3n) is 2.18. The van der Waals surface area contributed by atoms with Crippen LogP contribution in [0.1, 0.15) is 22.3 Å². The molecule has 1 aromatic rings. The summed E-state index contributed by atoms with van der Waals surface area (Å²) in [5, 5.41) is 8.54. The molecule has 0 bridgehead atoms. The number of nitriles is 1. The molecule has 0 amide bonds. The summed E-state index contributed by atoms with van der Waals surface area (Å²) >= 11 is 0. The zero-order chi connectivity index (χ0) is 14.8. The third-order valence-corrected chi connectivity index (χ3v) is 2.18. The van der Waals surface area contributed by atoms with Gasteiger partial charge < -0.3 is 4.85 Å². The van der Waals surface area contributed by atoms with E-state index in [-0.39, 0.29) is 0 Å². The molecule has 0 atom stereocenters. The van der Waals surface area contributed by atoms with Gasteiger partial charge in [-0.05, 0) is 12.1 Å². The molecule has 0 saturated carbocycles. The van der Waals surface area contributed by atoms with Crippen LogP contribution in [-0.2, 0) is 18.9 Å². The zero-order valence-electron chi connectivity index (χ0n) is 9.02. The van der Waals surface area contributed by atoms with Crippen LogP contribution in [0.15, 0.2) is 12.1 Å². The van der Waals surface area contributed by atoms with E-state index in [1.165, 1.54) is 0 Å². The van der Waals surface area contributed by atoms with Crippen molar-refractivity contribution in [1.29, 1.82) is 5.26 Å². The van der Waals surface area contributed by atoms with Gasteiger partial charge in [-0.1, -0.05) is 0 Å². The van der Waals surface area contributed by atoms with Gasteiger partial charge in [0.05, 0.1) is 16.7 Å². The Morgan fingerprint density at radius 1 is 1.05 bits per heavy atom. The van der Waals surface area contributed by atoms with Crippen LogP contribution in [-0.4, -0.2) is 0 Å². The van der Waals surface area contributed by atoms with E-state index in [4.69, 9.17) is 11.8 Å². The Hall–Kier alpha value is -2.22. The van der Waals surface area contributed by atoms with Crippen LogP contribution in [0.2, 0.25) is 0 Å². The molecule has 19 heavy (non-hydrogen) atoms. The molecule has 0 spiro atoms. The number of nitrogens with zero attached hydrogens (tertiary/aromatic N) is 2. The average Bonchev–Trinajstić information content (AvgIpc) is 2.26. The number of hydrogen-bond donors (Lipinski definition) is 0. The summed E-state index contributed by atoms with van der Waals surface area (Å²) in [5.74, 6) is 0. The molecule has 0 aliphatic rings. The smallest absolute Gasteiger partial charge is 0.312 e. The summed E-state index contributed by atoms with van der Waals surface area (Å²) in [6.07, 6.45) is -10.2. The van der Waals surface area contributed by atoms with Crippen molar-refractivity contribution < 1.29 is 26.3 Å². The van der Waals surface area contributed by atoms with E-state index < -0.39 is 41.2 Å². The van der Waals surface area contributed by atoms with Gasteiger partial charge in [-0.2, -0.15) is 31.6 Å². The highest BCUT2D eigenvalue weighted by molar-refractivity contribution is 5.49. The Kier molecular flexibility index (Phi) is 3.75. The first kappa shape index (κ1) is 14.8. The molecule has 0 radical (unpaired) electrons. The lowest BCUT2D eigenvalue weighted by molar-refractivity contribution is -0.143. The largest absolute Gasteiger partial charge is 0.417 e. The summed E-state index contributed by atoms with van der Waals surface area (Å²) in [4.78, 5) is 2.74. The quantitative estimate of drug-likeness (QED) is 0.563. The number of benzene rings is 1. The maximum atomic E-state index is 12.6. The summed E-state index contributed by atoms with van der Waals surface area (Å²) in [6.45, 7) is 5.86. The number of halogens is 6. The van der Waals surface area contributed by atoms with Crippen molar-refractivity contribution in [1.82, 2.24) is 0 Å². The van der Waals surface area contributed by atoms with Crippen molar-refractivity contribution in [3.8, 4) is 6.07 Å². The van der Waals surface area contributed by atoms with Crippen LogP contribution < -0.4 is 0 Å². The van der Waals surface area contributed by atoms with Gasteiger partial charge in [-0.3, -0.25) is 0 Å². The highest BCUT2D eigenvalue weighted by Crippen LogP contribution is 2.40. The lowest BCUT2D eigenvalue weighted by Crippen LogP contribution is -2.16. The molecule has 0 heterocycles. The van der Waals surface area contributed by atoms with Crippen LogP contribution in [0.4, 0.5) is 26.3 Å². The predicted molar refractivity (Wildman–Crippen MR) is 51.5 cm³/mol. The van der Waals surface area contributed by atoms with E-state index in [0.717, 1.165) is 6.07 Å². The second-order valence-electron chi connectivity index (χ2n) is 3.49. The maximum absolute atomic E-state index is 12.6. The van der Waals surface area contributed by atoms with Crippen LogP contribution in [0.3, 0.4) is 0 Å². The van der Waals surface area contributed by atoms with Gasteiger partial charge in [-0.15, -0.1) is 0 Å². The van der Waals surface area contributed by atoms with Crippen molar-refractivity contribution in [3.05, 3.63) is 45.8 Å². The minimum absolute atomic E-state index is 0.395. The van der Waals surface area contributed by atoms with Gasteiger partial charge in [-0.25, -0.2) is 6.57 Å². The topological polar surface area (TPSA) is 28.1 Å². The molecule has 1 rings (SSSR count). The first-order valence-electron chi connectivity index (χ1n) is 4.66. The Morgan fingerprint density at radius 2 is 1.47 bits per heavy atom.